The van der Waals surface area contributed by atoms with Crippen LogP contribution in [0.5, 0.6) is 0 Å². The number of ether oxygens (including phenoxy) is 1. The third-order valence-electron chi connectivity index (χ3n) is 28.0. The average Bonchev–Trinajstić information content (AvgIpc) is 1.56. The van der Waals surface area contributed by atoms with Gasteiger partial charge in [-0.05, 0) is 205 Å². The standard InChI is InChI=1S/C23H28Cl2N6O2S.C20H22Cl2N4.3C19H21Cl2N5/c1-12-18(34-16-5-3-4-15(24)17(16)25)20-28-10-14(11-32)31(20)22(29-12)30-8-6-23(7-9-30)19(26)13(2)33-21(23)27;1-13-12-16(25-9-6-20(2,23)7-10-25)26-11-8-24-19(26)17(13)14-4-3-5-15(21)18(14)22;1-12-15(13-4-3-5-14(20)16(13)21)17-23-8-11-26(17)18(24-12)25-9-6-19(2,22)7-10-25;1-12-10-15(25-8-6-19(2,22)7-9-25)26-11-23-24-18(26)16(12)13-4-3-5-14(20)17(13)21;1-12-10-15(25-8-6-19(2,22)7-9-25)26-18(23-11-24-26)16(12)13-4-3-5-14(20)17(13)21/h3-5,10,13,19,21,32H,6-9,11,26-27H2,1-2H3;3-5,8,11-12H,6-7,9-10,23H2,1-2H3;3-5,8,11H,6-7,9-10,22H2,1-2H3;2*3-5,10-11H,6-9,22H2,1-2H3/t13?,19?,21-;;;;/m1..../s1. The Balaban J connectivity index is 0.000000120. The molecule has 726 valence electrons. The molecular weight excluding hydrogens is 1970 g/mol. The second kappa shape index (κ2) is 40.9. The fraction of sp³-hybridized carbons (Fsp3) is 0.390. The number of imidazole rings is 3. The van der Waals surface area contributed by atoms with E-state index >= 15 is 0 Å². The fourth-order valence-electron chi connectivity index (χ4n) is 19.6. The number of nitrogens with zero attached hydrogens (tertiary/aromatic N) is 19. The normalized spacial score (nSPS) is 18.9. The molecule has 6 aliphatic heterocycles. The van der Waals surface area contributed by atoms with Gasteiger partial charge in [0.25, 0.3) is 0 Å². The van der Waals surface area contributed by atoms with Crippen molar-refractivity contribution >= 4 is 185 Å². The Hall–Kier alpha value is -8.80. The molecule has 15 aromatic rings. The van der Waals surface area contributed by atoms with Gasteiger partial charge in [0.1, 0.15) is 47.6 Å². The highest BCUT2D eigenvalue weighted by atomic mass is 35.5. The molecular formula is C100H113Cl10N25O2S. The van der Waals surface area contributed by atoms with Crippen molar-refractivity contribution in [1.29, 1.82) is 0 Å². The van der Waals surface area contributed by atoms with Gasteiger partial charge >= 0.3 is 0 Å². The van der Waals surface area contributed by atoms with Gasteiger partial charge in [0, 0.05) is 173 Å². The first-order valence-electron chi connectivity index (χ1n) is 46.2. The Morgan fingerprint density at radius 2 is 0.833 bits per heavy atom. The number of hydrogen-bond acceptors (Lipinski definition) is 23. The third-order valence-corrected chi connectivity index (χ3v) is 33.5. The highest BCUT2D eigenvalue weighted by Crippen LogP contribution is 2.49. The maximum Gasteiger partial charge on any atom is 0.211 e. The molecule has 5 aromatic carbocycles. The number of aliphatic hydroxyl groups excluding tert-OH is 1. The Kier molecular flexibility index (Phi) is 29.9. The van der Waals surface area contributed by atoms with E-state index in [0.29, 0.717) is 55.9 Å². The summed E-state index contributed by atoms with van der Waals surface area (Å²) >= 11 is 65.0. The minimum Gasteiger partial charge on any atom is -0.390 e. The predicted molar refractivity (Wildman–Crippen MR) is 566 cm³/mol. The van der Waals surface area contributed by atoms with Crippen LogP contribution in [-0.2, 0) is 11.3 Å². The average molecular weight is 2080 g/mol. The number of nitrogens with two attached hydrogens (primary N) is 6. The topological polar surface area (TPSA) is 340 Å². The van der Waals surface area contributed by atoms with Crippen molar-refractivity contribution in [2.75, 3.05) is 89.9 Å². The van der Waals surface area contributed by atoms with Crippen LogP contribution >= 0.6 is 128 Å². The van der Waals surface area contributed by atoms with Gasteiger partial charge in [0.05, 0.1) is 91.1 Å². The van der Waals surface area contributed by atoms with E-state index in [-0.39, 0.29) is 52.6 Å². The summed E-state index contributed by atoms with van der Waals surface area (Å²) in [6, 6.07) is 34.6. The highest BCUT2D eigenvalue weighted by molar-refractivity contribution is 7.99. The van der Waals surface area contributed by atoms with Gasteiger partial charge in [-0.25, -0.2) is 29.9 Å². The molecule has 0 amide bonds. The van der Waals surface area contributed by atoms with Gasteiger partial charge in [0.2, 0.25) is 11.9 Å². The molecule has 138 heavy (non-hydrogen) atoms. The first-order chi connectivity index (χ1) is 65.8. The zero-order valence-corrected chi connectivity index (χ0v) is 86.9. The number of aryl methyl sites for hydroxylation is 5. The maximum atomic E-state index is 10.0. The van der Waals surface area contributed by atoms with Gasteiger partial charge in [-0.15, -0.1) is 10.2 Å². The van der Waals surface area contributed by atoms with E-state index < -0.39 is 0 Å². The molecule has 13 N–H and O–H groups in total. The van der Waals surface area contributed by atoms with Crippen LogP contribution in [0.1, 0.15) is 133 Å². The van der Waals surface area contributed by atoms with E-state index in [0.717, 1.165) is 270 Å². The molecule has 0 bridgehead atoms. The summed E-state index contributed by atoms with van der Waals surface area (Å²) in [6.07, 6.45) is 21.4. The van der Waals surface area contributed by atoms with Crippen LogP contribution in [0.2, 0.25) is 50.2 Å². The predicted octanol–water partition coefficient (Wildman–Crippen LogP) is 21.5. The summed E-state index contributed by atoms with van der Waals surface area (Å²) < 4.78 is 15.9. The van der Waals surface area contributed by atoms with Crippen molar-refractivity contribution in [2.24, 2.45) is 39.8 Å². The number of benzene rings is 5. The van der Waals surface area contributed by atoms with Crippen LogP contribution < -0.4 is 58.9 Å². The van der Waals surface area contributed by atoms with Crippen molar-refractivity contribution in [3.8, 4) is 44.5 Å². The molecule has 38 heteroatoms. The molecule has 0 aliphatic carbocycles. The summed E-state index contributed by atoms with van der Waals surface area (Å²) in [5.41, 5.74) is 54.4. The summed E-state index contributed by atoms with van der Waals surface area (Å²) in [5.74, 6) is 4.91. The zero-order valence-electron chi connectivity index (χ0n) is 78.5. The van der Waals surface area contributed by atoms with Gasteiger partial charge in [-0.1, -0.05) is 182 Å². The van der Waals surface area contributed by atoms with Crippen LogP contribution in [0.15, 0.2) is 163 Å². The van der Waals surface area contributed by atoms with E-state index in [9.17, 15) is 5.11 Å². The number of anilines is 5. The minimum atomic E-state index is -0.364. The number of fused-ring (bicyclic) bond motifs is 5. The molecule has 0 radical (unpaired) electrons. The van der Waals surface area contributed by atoms with Crippen molar-refractivity contribution < 1.29 is 9.84 Å². The molecule has 6 saturated heterocycles. The van der Waals surface area contributed by atoms with Gasteiger partial charge < -0.3 is 68.7 Å². The Morgan fingerprint density at radius 3 is 1.31 bits per heavy atom. The van der Waals surface area contributed by atoms with E-state index in [1.807, 2.05) is 118 Å². The maximum absolute atomic E-state index is 10.0. The Morgan fingerprint density at radius 1 is 0.435 bits per heavy atom. The molecule has 0 saturated carbocycles. The second-order valence-electron chi connectivity index (χ2n) is 38.3. The lowest BCUT2D eigenvalue weighted by atomic mass is 9.71. The highest BCUT2D eigenvalue weighted by Gasteiger charge is 2.53. The van der Waals surface area contributed by atoms with Crippen molar-refractivity contribution in [1.82, 2.24) is 67.3 Å². The molecule has 6 fully saturated rings. The summed E-state index contributed by atoms with van der Waals surface area (Å²) in [6.45, 7) is 29.2. The monoisotopic (exact) mass is 2080 g/mol. The molecule has 6 aliphatic rings. The van der Waals surface area contributed by atoms with Crippen LogP contribution in [0, 0.1) is 40.0 Å². The van der Waals surface area contributed by atoms with E-state index in [1.165, 1.54) is 11.8 Å². The molecule has 3 atom stereocenters. The molecule has 27 nitrogen and oxygen atoms in total. The van der Waals surface area contributed by atoms with Crippen LogP contribution in [0.25, 0.3) is 72.7 Å². The quantitative estimate of drug-likeness (QED) is 0.0597. The number of pyridine rings is 3. The number of aliphatic hydroxyl groups is 1. The summed E-state index contributed by atoms with van der Waals surface area (Å²) in [4.78, 5) is 41.5. The smallest absolute Gasteiger partial charge is 0.211 e. The minimum absolute atomic E-state index is 0.0575. The first kappa shape index (κ1) is 101. The number of hydrogen-bond donors (Lipinski definition) is 7. The number of aromatic nitrogens is 14. The molecule has 10 aromatic heterocycles. The van der Waals surface area contributed by atoms with E-state index in [2.05, 4.69) is 131 Å². The number of piperidine rings is 5. The Bertz CT molecular complexity index is 6390. The van der Waals surface area contributed by atoms with Crippen molar-refractivity contribution in [2.45, 2.75) is 190 Å². The summed E-state index contributed by atoms with van der Waals surface area (Å²) in [7, 11) is 0. The van der Waals surface area contributed by atoms with Crippen LogP contribution in [-0.4, -0.2) is 178 Å². The summed E-state index contributed by atoms with van der Waals surface area (Å²) in [5, 5.41) is 28.3. The van der Waals surface area contributed by atoms with Crippen molar-refractivity contribution in [3.63, 3.8) is 0 Å². The second-order valence-corrected chi connectivity index (χ2v) is 43.3. The van der Waals surface area contributed by atoms with E-state index in [4.69, 9.17) is 165 Å². The SMILES string of the molecule is Cc1cc(N2CCC(C)(N)CC2)n2ccnc2c1-c1cccc(Cl)c1Cl.Cc1cc(N2CCC(C)(N)CC2)n2cnnc2c1-c1cccc(Cl)c1Cl.Cc1cc(N2CCC(C)(N)CC2)n2ncnc2c1-c1cccc(Cl)c1Cl.Cc1nc(N2CCC(C)(N)CC2)n2ccnc2c1-c1cccc(Cl)c1Cl.Cc1nc(N2CCC3(CC2)C(N)C(C)O[C@H]3N)n2c(CO)cnc2c1Sc1cccc(Cl)c1Cl. The first-order valence-corrected chi connectivity index (χ1v) is 50.8. The van der Waals surface area contributed by atoms with Gasteiger partial charge in [-0.2, -0.15) is 9.61 Å². The lowest BCUT2D eigenvalue weighted by Gasteiger charge is -2.43. The largest absolute Gasteiger partial charge is 0.390 e. The molecule has 21 rings (SSSR count). The lowest BCUT2D eigenvalue weighted by Crippen LogP contribution is -2.55. The number of rotatable bonds is 12. The molecule has 1 spiro atoms. The van der Waals surface area contributed by atoms with Gasteiger partial charge in [0.15, 0.2) is 16.9 Å². The molecule has 2 unspecified atom stereocenters. The molecule has 16 heterocycles. The lowest BCUT2D eigenvalue weighted by molar-refractivity contribution is 0.0139. The number of halogens is 10. The van der Waals surface area contributed by atoms with Crippen molar-refractivity contribution in [3.05, 3.63) is 237 Å². The zero-order chi connectivity index (χ0) is 98.1. The van der Waals surface area contributed by atoms with Crippen LogP contribution in [0.3, 0.4) is 0 Å². The van der Waals surface area contributed by atoms with Crippen LogP contribution in [0.4, 0.5) is 29.4 Å². The third kappa shape index (κ3) is 20.3. The fourth-order valence-corrected chi connectivity index (χ4v) is 22.6. The van der Waals surface area contributed by atoms with Gasteiger partial charge in [-0.3, -0.25) is 17.6 Å². The Labute approximate surface area is 857 Å². The van der Waals surface area contributed by atoms with E-state index in [1.54, 1.807) is 55.4 Å².